The number of carbonyl (C=O) groups excluding carboxylic acids is 1. The number of cyclic esters (lactones) is 1. The molecule has 0 radical (unpaired) electrons. The minimum absolute atomic E-state index is 0.205. The van der Waals surface area contributed by atoms with Crippen LogP contribution in [0.2, 0.25) is 0 Å². The fourth-order valence-electron chi connectivity index (χ4n) is 3.29. The number of hydrogen-bond acceptors (Lipinski definition) is 5. The minimum Gasteiger partial charge on any atom is -0.442 e. The molecule has 0 aromatic heterocycles. The molecule has 2 heterocycles. The Labute approximate surface area is 158 Å². The summed E-state index contributed by atoms with van der Waals surface area (Å²) in [6, 6.07) is 7.95. The predicted molar refractivity (Wildman–Crippen MR) is 105 cm³/mol. The maximum Gasteiger partial charge on any atom is 0.414 e. The molecule has 1 aromatic carbocycles. The second kappa shape index (κ2) is 8.64. The lowest BCUT2D eigenvalue weighted by atomic mass is 10.2. The van der Waals surface area contributed by atoms with Gasteiger partial charge in [0.1, 0.15) is 12.8 Å². The molecular formula is C18H25FN4O2S. The van der Waals surface area contributed by atoms with Crippen molar-refractivity contribution in [3.8, 4) is 0 Å². The molecule has 0 unspecified atom stereocenters. The van der Waals surface area contributed by atoms with E-state index in [2.05, 4.69) is 15.1 Å². The Kier molecular flexibility index (Phi) is 6.26. The van der Waals surface area contributed by atoms with Crippen LogP contribution in [0.15, 0.2) is 24.3 Å². The maximum absolute atomic E-state index is 12.4. The standard InChI is InChI=1S/C18H25FN4O2S/c1-14(26)20-12-17-13-23(18(24)25-17)16-4-2-15(3-5-16)22-10-8-21(7-6-19)9-11-22/h2-5,17H,6-13H2,1H3,(H,20,26)/t17-/m0/s1. The molecule has 2 fully saturated rings. The number of nitrogens with zero attached hydrogens (tertiary/aromatic N) is 3. The van der Waals surface area contributed by atoms with Crippen molar-refractivity contribution in [2.45, 2.75) is 13.0 Å². The summed E-state index contributed by atoms with van der Waals surface area (Å²) in [6.07, 6.45) is -0.532. The van der Waals surface area contributed by atoms with Crippen LogP contribution in [0.4, 0.5) is 20.6 Å². The Bertz CT molecular complexity index is 635. The molecule has 8 heteroatoms. The molecule has 26 heavy (non-hydrogen) atoms. The molecule has 1 aromatic rings. The highest BCUT2D eigenvalue weighted by Gasteiger charge is 2.32. The number of rotatable bonds is 6. The van der Waals surface area contributed by atoms with Crippen LogP contribution in [-0.4, -0.2) is 74.6 Å². The zero-order valence-electron chi connectivity index (χ0n) is 15.0. The van der Waals surface area contributed by atoms with Crippen molar-refractivity contribution < 1.29 is 13.9 Å². The van der Waals surface area contributed by atoms with Gasteiger partial charge in [0.2, 0.25) is 0 Å². The third-order valence-corrected chi connectivity index (χ3v) is 4.90. The van der Waals surface area contributed by atoms with Crippen molar-refractivity contribution in [1.29, 1.82) is 0 Å². The van der Waals surface area contributed by atoms with E-state index in [1.54, 1.807) is 11.8 Å². The first-order valence-corrected chi connectivity index (χ1v) is 9.33. The van der Waals surface area contributed by atoms with Gasteiger partial charge in [0.15, 0.2) is 0 Å². The summed E-state index contributed by atoms with van der Waals surface area (Å²) < 4.78 is 17.8. The van der Waals surface area contributed by atoms with Gasteiger partial charge in [0.05, 0.1) is 18.1 Å². The highest BCUT2D eigenvalue weighted by atomic mass is 32.1. The van der Waals surface area contributed by atoms with Gasteiger partial charge in [0, 0.05) is 44.1 Å². The molecule has 1 amide bonds. The molecule has 0 bridgehead atoms. The zero-order chi connectivity index (χ0) is 18.5. The van der Waals surface area contributed by atoms with E-state index in [1.807, 2.05) is 24.3 Å². The second-order valence-electron chi connectivity index (χ2n) is 6.59. The third-order valence-electron chi connectivity index (χ3n) is 4.75. The molecule has 3 rings (SSSR count). The van der Waals surface area contributed by atoms with Crippen molar-refractivity contribution in [1.82, 2.24) is 10.2 Å². The van der Waals surface area contributed by atoms with Gasteiger partial charge in [-0.05, 0) is 31.2 Å². The van der Waals surface area contributed by atoms with Gasteiger partial charge in [-0.15, -0.1) is 0 Å². The number of thiocarbonyl (C=S) groups is 1. The van der Waals surface area contributed by atoms with E-state index >= 15 is 0 Å². The van der Waals surface area contributed by atoms with E-state index in [4.69, 9.17) is 17.0 Å². The van der Waals surface area contributed by atoms with Gasteiger partial charge in [0.25, 0.3) is 0 Å². The number of anilines is 2. The summed E-state index contributed by atoms with van der Waals surface area (Å²) >= 11 is 4.99. The van der Waals surface area contributed by atoms with Gasteiger partial charge in [-0.1, -0.05) is 12.2 Å². The molecule has 2 saturated heterocycles. The molecule has 1 N–H and O–H groups in total. The van der Waals surface area contributed by atoms with Gasteiger partial charge >= 0.3 is 6.09 Å². The van der Waals surface area contributed by atoms with Crippen LogP contribution >= 0.6 is 12.2 Å². The molecule has 2 aliphatic rings. The van der Waals surface area contributed by atoms with Gasteiger partial charge in [-0.2, -0.15) is 0 Å². The lowest BCUT2D eigenvalue weighted by molar-refractivity contribution is 0.143. The average molecular weight is 380 g/mol. The van der Waals surface area contributed by atoms with Crippen LogP contribution in [-0.2, 0) is 4.74 Å². The lowest BCUT2D eigenvalue weighted by Gasteiger charge is -2.35. The quantitative estimate of drug-likeness (QED) is 0.763. The summed E-state index contributed by atoms with van der Waals surface area (Å²) in [7, 11) is 0. The molecular weight excluding hydrogens is 355 g/mol. The number of carbonyl (C=O) groups is 1. The Morgan fingerprint density at radius 1 is 1.23 bits per heavy atom. The molecule has 6 nitrogen and oxygen atoms in total. The minimum atomic E-state index is -0.327. The monoisotopic (exact) mass is 380 g/mol. The Morgan fingerprint density at radius 3 is 2.50 bits per heavy atom. The fraction of sp³-hybridized carbons (Fsp3) is 0.556. The Hall–Kier alpha value is -1.93. The van der Waals surface area contributed by atoms with Crippen molar-refractivity contribution in [3.63, 3.8) is 0 Å². The molecule has 1 atom stereocenters. The van der Waals surface area contributed by atoms with Crippen molar-refractivity contribution in [3.05, 3.63) is 24.3 Å². The zero-order valence-corrected chi connectivity index (χ0v) is 15.8. The molecule has 0 saturated carbocycles. The average Bonchev–Trinajstić information content (AvgIpc) is 3.02. The summed E-state index contributed by atoms with van der Waals surface area (Å²) in [4.78, 5) is 18.9. The number of halogens is 1. The number of nitrogens with one attached hydrogen (secondary N) is 1. The Balaban J connectivity index is 1.56. The van der Waals surface area contributed by atoms with Gasteiger partial charge in [-0.3, -0.25) is 9.80 Å². The Morgan fingerprint density at radius 2 is 1.88 bits per heavy atom. The van der Waals surface area contributed by atoms with E-state index < -0.39 is 0 Å². The highest BCUT2D eigenvalue weighted by Crippen LogP contribution is 2.25. The van der Waals surface area contributed by atoms with Crippen molar-refractivity contribution in [2.75, 3.05) is 62.3 Å². The maximum atomic E-state index is 12.4. The van der Waals surface area contributed by atoms with Gasteiger partial charge < -0.3 is 15.0 Å². The van der Waals surface area contributed by atoms with E-state index in [0.717, 1.165) is 37.6 Å². The van der Waals surface area contributed by atoms with Crippen LogP contribution < -0.4 is 15.1 Å². The summed E-state index contributed by atoms with van der Waals surface area (Å²) in [6.45, 7) is 6.58. The SMILES string of the molecule is CC(=S)NC[C@H]1CN(c2ccc(N3CCN(CCF)CC3)cc2)C(=O)O1. The molecule has 142 valence electrons. The van der Waals surface area contributed by atoms with Crippen LogP contribution in [0.25, 0.3) is 0 Å². The van der Waals surface area contributed by atoms with E-state index in [0.29, 0.717) is 24.6 Å². The number of piperazine rings is 1. The van der Waals surface area contributed by atoms with E-state index in [-0.39, 0.29) is 18.9 Å². The number of ether oxygens (including phenoxy) is 1. The first-order valence-electron chi connectivity index (χ1n) is 8.92. The largest absolute Gasteiger partial charge is 0.442 e. The summed E-state index contributed by atoms with van der Waals surface area (Å²) in [5.74, 6) is 0. The van der Waals surface area contributed by atoms with Crippen LogP contribution in [0, 0.1) is 0 Å². The van der Waals surface area contributed by atoms with E-state index in [1.165, 1.54) is 0 Å². The lowest BCUT2D eigenvalue weighted by Crippen LogP contribution is -2.47. The number of hydrogen-bond donors (Lipinski definition) is 1. The summed E-state index contributed by atoms with van der Waals surface area (Å²) in [5.41, 5.74) is 1.95. The van der Waals surface area contributed by atoms with Gasteiger partial charge in [-0.25, -0.2) is 9.18 Å². The molecule has 0 spiro atoms. The van der Waals surface area contributed by atoms with Crippen LogP contribution in [0.1, 0.15) is 6.92 Å². The number of amides is 1. The van der Waals surface area contributed by atoms with Crippen LogP contribution in [0.5, 0.6) is 0 Å². The fourth-order valence-corrected chi connectivity index (χ4v) is 3.37. The van der Waals surface area contributed by atoms with Crippen molar-refractivity contribution in [2.24, 2.45) is 0 Å². The first-order chi connectivity index (χ1) is 12.6. The molecule has 0 aliphatic carbocycles. The van der Waals surface area contributed by atoms with E-state index in [9.17, 15) is 9.18 Å². The van der Waals surface area contributed by atoms with Crippen LogP contribution in [0.3, 0.4) is 0 Å². The normalized spacial score (nSPS) is 21.0. The second-order valence-corrected chi connectivity index (χ2v) is 7.20. The topological polar surface area (TPSA) is 48.0 Å². The third kappa shape index (κ3) is 4.62. The predicted octanol–water partition coefficient (Wildman–Crippen LogP) is 2.04. The smallest absolute Gasteiger partial charge is 0.414 e. The number of alkyl halides is 1. The summed E-state index contributed by atoms with van der Waals surface area (Å²) in [5, 5.41) is 3.04. The highest BCUT2D eigenvalue weighted by molar-refractivity contribution is 7.80. The molecule has 2 aliphatic heterocycles. The first kappa shape index (κ1) is 18.8. The number of benzene rings is 1. The van der Waals surface area contributed by atoms with Crippen molar-refractivity contribution >= 4 is 34.7 Å².